The molecule has 0 unspecified atom stereocenters. The molecule has 2 heterocycles. The summed E-state index contributed by atoms with van der Waals surface area (Å²) in [6.45, 7) is 9.99. The fourth-order valence-electron chi connectivity index (χ4n) is 4.91. The minimum atomic E-state index is -4.76. The molecule has 2 amide bonds. The number of halogens is 3. The molecule has 0 aliphatic rings. The van der Waals surface area contributed by atoms with Crippen LogP contribution in [0.2, 0.25) is 0 Å². The summed E-state index contributed by atoms with van der Waals surface area (Å²) >= 11 is 1.39. The molecule has 0 saturated heterocycles. The lowest BCUT2D eigenvalue weighted by Gasteiger charge is -2.26. The maximum Gasteiger partial charge on any atom is 0.573 e. The number of aryl methyl sites for hydroxylation is 1. The average Bonchev–Trinajstić information content (AvgIpc) is 3.63. The third-order valence-electron chi connectivity index (χ3n) is 7.29. The van der Waals surface area contributed by atoms with Crippen LogP contribution < -0.4 is 19.6 Å². The van der Waals surface area contributed by atoms with Crippen molar-refractivity contribution in [1.29, 1.82) is 0 Å². The van der Waals surface area contributed by atoms with Crippen LogP contribution >= 0.6 is 11.3 Å². The second kappa shape index (κ2) is 12.8. The Balaban J connectivity index is 1.33. The van der Waals surface area contributed by atoms with E-state index in [1.54, 1.807) is 7.11 Å². The number of amides is 2. The van der Waals surface area contributed by atoms with Crippen molar-refractivity contribution in [3.05, 3.63) is 100 Å². The second-order valence-corrected chi connectivity index (χ2v) is 12.2. The van der Waals surface area contributed by atoms with E-state index in [2.05, 4.69) is 39.0 Å². The van der Waals surface area contributed by atoms with Crippen LogP contribution in [0.5, 0.6) is 11.5 Å². The van der Waals surface area contributed by atoms with Gasteiger partial charge in [0.15, 0.2) is 10.6 Å². The number of hydrogen-bond donors (Lipinski definition) is 1. The zero-order valence-electron chi connectivity index (χ0n) is 26.1. The number of carbonyl (C=O) groups is 1. The highest BCUT2D eigenvalue weighted by molar-refractivity contribution is 7.07. The van der Waals surface area contributed by atoms with Gasteiger partial charge in [0.25, 0.3) is 0 Å². The molecular weight excluding hydrogens is 617 g/mol. The van der Waals surface area contributed by atoms with Crippen molar-refractivity contribution in [3.63, 3.8) is 0 Å². The van der Waals surface area contributed by atoms with Crippen LogP contribution in [0, 0.1) is 6.92 Å². The molecule has 1 N–H and O–H groups in total. The van der Waals surface area contributed by atoms with Crippen LogP contribution in [0.25, 0.3) is 22.8 Å². The summed E-state index contributed by atoms with van der Waals surface area (Å²) in [6.07, 6.45) is -3.29. The number of methoxy groups -OCH3 is 1. The second-order valence-electron chi connectivity index (χ2n) is 11.4. The Bertz CT molecular complexity index is 1910. The monoisotopic (exact) mass is 650 g/mol. The lowest BCUT2D eigenvalue weighted by Crippen LogP contribution is -2.40. The van der Waals surface area contributed by atoms with E-state index in [1.807, 2.05) is 73.2 Å². The molecule has 46 heavy (non-hydrogen) atoms. The maximum absolute atomic E-state index is 13.3. The molecule has 0 fully saturated rings. The Hall–Kier alpha value is -4.91. The highest BCUT2D eigenvalue weighted by Gasteiger charge is 2.31. The molecule has 2 aromatic heterocycles. The van der Waals surface area contributed by atoms with Gasteiger partial charge in [-0.1, -0.05) is 44.2 Å². The molecule has 0 spiro atoms. The summed E-state index contributed by atoms with van der Waals surface area (Å²) in [5, 5.41) is 9.44. The Labute approximate surface area is 268 Å². The van der Waals surface area contributed by atoms with E-state index >= 15 is 0 Å². The molecule has 0 radical (unpaired) electrons. The average molecular weight is 651 g/mol. The number of benzene rings is 3. The summed E-state index contributed by atoms with van der Waals surface area (Å²) in [7, 11) is 1.62. The first-order valence-electron chi connectivity index (χ1n) is 14.3. The van der Waals surface area contributed by atoms with Crippen LogP contribution in [0.1, 0.15) is 50.4 Å². The minimum Gasteiger partial charge on any atom is -0.497 e. The predicted octanol–water partition coefficient (Wildman–Crippen LogP) is 7.67. The molecule has 0 atom stereocenters. The topological polar surface area (TPSA) is 95.6 Å². The first kappa shape index (κ1) is 32.5. The van der Waals surface area contributed by atoms with E-state index in [-0.39, 0.29) is 11.7 Å². The quantitative estimate of drug-likeness (QED) is 0.186. The van der Waals surface area contributed by atoms with E-state index < -0.39 is 17.9 Å². The van der Waals surface area contributed by atoms with E-state index in [1.165, 1.54) is 46.6 Å². The number of urea groups is 1. The summed E-state index contributed by atoms with van der Waals surface area (Å²) < 4.78 is 50.2. The Morgan fingerprint density at radius 1 is 1.00 bits per heavy atom. The first-order chi connectivity index (χ1) is 21.7. The Morgan fingerprint density at radius 2 is 1.67 bits per heavy atom. The van der Waals surface area contributed by atoms with Gasteiger partial charge in [0.1, 0.15) is 17.8 Å². The van der Waals surface area contributed by atoms with Crippen LogP contribution in [0.3, 0.4) is 0 Å². The molecule has 240 valence electrons. The van der Waals surface area contributed by atoms with Crippen LogP contribution in [0.15, 0.2) is 83.4 Å². The van der Waals surface area contributed by atoms with Crippen molar-refractivity contribution in [3.8, 4) is 34.3 Å². The van der Waals surface area contributed by atoms with E-state index in [0.717, 1.165) is 28.1 Å². The molecule has 0 aliphatic heterocycles. The predicted molar refractivity (Wildman–Crippen MR) is 170 cm³/mol. The van der Waals surface area contributed by atoms with Gasteiger partial charge in [0, 0.05) is 22.7 Å². The fraction of sp³-hybridized carbons (Fsp3) is 0.273. The van der Waals surface area contributed by atoms with Gasteiger partial charge in [-0.15, -0.1) is 29.6 Å². The maximum atomic E-state index is 13.3. The van der Waals surface area contributed by atoms with Gasteiger partial charge in [0.2, 0.25) is 0 Å². The van der Waals surface area contributed by atoms with Crippen LogP contribution in [-0.2, 0) is 5.54 Å². The largest absolute Gasteiger partial charge is 0.573 e. The molecule has 5 aromatic rings. The number of alkyl halides is 3. The van der Waals surface area contributed by atoms with Crippen molar-refractivity contribution in [2.24, 2.45) is 4.99 Å². The molecule has 0 bridgehead atoms. The zero-order chi connectivity index (χ0) is 33.2. The van der Waals surface area contributed by atoms with Gasteiger partial charge >= 0.3 is 12.4 Å². The number of rotatable bonds is 8. The summed E-state index contributed by atoms with van der Waals surface area (Å²) in [5.74, 6) is 1.06. The number of nitrogens with one attached hydrogen (secondary N) is 1. The SMILES string of the molecule is COc1ccc(C(C)C)c(-n2c(C)csc2=NC(=O)NC(C)(C)c2ccc(-c3ncn(-c4ccc(OC(F)(F)F)cc4)n3)cc2)c1. The highest BCUT2D eigenvalue weighted by Crippen LogP contribution is 2.29. The van der Waals surface area contributed by atoms with Gasteiger partial charge in [-0.3, -0.25) is 4.57 Å². The molecule has 3 aromatic carbocycles. The lowest BCUT2D eigenvalue weighted by atomic mass is 9.93. The molecular formula is C33H33F3N6O3S. The lowest BCUT2D eigenvalue weighted by molar-refractivity contribution is -0.274. The van der Waals surface area contributed by atoms with Crippen molar-refractivity contribution >= 4 is 17.4 Å². The first-order valence-corrected chi connectivity index (χ1v) is 15.2. The van der Waals surface area contributed by atoms with Crippen molar-refractivity contribution in [1.82, 2.24) is 24.6 Å². The minimum absolute atomic E-state index is 0.244. The smallest absolute Gasteiger partial charge is 0.497 e. The van der Waals surface area contributed by atoms with Gasteiger partial charge in [0.05, 0.1) is 24.0 Å². The van der Waals surface area contributed by atoms with Crippen molar-refractivity contribution < 1.29 is 27.4 Å². The number of carbonyl (C=O) groups excluding carboxylic acids is 1. The number of thiazole rings is 1. The van der Waals surface area contributed by atoms with E-state index in [0.29, 0.717) is 22.1 Å². The molecule has 5 rings (SSSR count). The Morgan fingerprint density at radius 3 is 2.30 bits per heavy atom. The normalized spacial score (nSPS) is 12.4. The fourth-order valence-corrected chi connectivity index (χ4v) is 5.77. The van der Waals surface area contributed by atoms with Gasteiger partial charge in [-0.25, -0.2) is 14.5 Å². The van der Waals surface area contributed by atoms with Gasteiger partial charge in [-0.05, 0) is 68.1 Å². The summed E-state index contributed by atoms with van der Waals surface area (Å²) in [6, 6.07) is 18.2. The highest BCUT2D eigenvalue weighted by atomic mass is 32.1. The summed E-state index contributed by atoms with van der Waals surface area (Å²) in [4.78, 5) is 22.6. The zero-order valence-corrected chi connectivity index (χ0v) is 26.9. The summed E-state index contributed by atoms with van der Waals surface area (Å²) in [5.41, 5.74) is 4.29. The van der Waals surface area contributed by atoms with E-state index in [9.17, 15) is 18.0 Å². The van der Waals surface area contributed by atoms with Crippen molar-refractivity contribution in [2.75, 3.05) is 7.11 Å². The van der Waals surface area contributed by atoms with E-state index in [4.69, 9.17) is 4.74 Å². The van der Waals surface area contributed by atoms with Crippen LogP contribution in [0.4, 0.5) is 18.0 Å². The van der Waals surface area contributed by atoms with Crippen LogP contribution in [-0.4, -0.2) is 38.8 Å². The molecule has 0 saturated carbocycles. The Kier molecular flexibility index (Phi) is 9.06. The molecule has 0 aliphatic carbocycles. The van der Waals surface area contributed by atoms with Crippen molar-refractivity contribution in [2.45, 2.75) is 52.4 Å². The third-order valence-corrected chi connectivity index (χ3v) is 8.23. The molecule has 9 nitrogen and oxygen atoms in total. The number of ether oxygens (including phenoxy) is 2. The standard InChI is InChI=1S/C33H33F3N6O3S/c1-20(2)27-16-15-26(44-6)17-28(27)42-21(3)18-46-31(42)38-30(43)39-32(4,5)23-9-7-22(8-10-23)29-37-19-41(40-29)24-11-13-25(14-12-24)45-33(34,35)36/h7-20H,1-6H3,(H,39,43). The number of nitrogens with zero attached hydrogens (tertiary/aromatic N) is 5. The van der Waals surface area contributed by atoms with Gasteiger partial charge in [-0.2, -0.15) is 4.99 Å². The van der Waals surface area contributed by atoms with Gasteiger partial charge < -0.3 is 14.8 Å². The number of aromatic nitrogens is 4. The number of hydrogen-bond acceptors (Lipinski definition) is 6. The molecule has 13 heteroatoms. The third kappa shape index (κ3) is 7.31.